The highest BCUT2D eigenvalue weighted by molar-refractivity contribution is 8.00. The lowest BCUT2D eigenvalue weighted by atomic mass is 10.1. The third kappa shape index (κ3) is 3.48. The summed E-state index contributed by atoms with van der Waals surface area (Å²) < 4.78 is 0. The molecule has 1 N–H and O–H groups in total. The first-order chi connectivity index (χ1) is 9.23. The van der Waals surface area contributed by atoms with Crippen molar-refractivity contribution in [1.82, 2.24) is 9.80 Å². The zero-order valence-electron chi connectivity index (χ0n) is 12.6. The summed E-state index contributed by atoms with van der Waals surface area (Å²) >= 11 is 1.53. The number of urea groups is 1. The summed E-state index contributed by atoms with van der Waals surface area (Å²) in [6.45, 7) is 11.9. The molecule has 0 saturated carbocycles. The number of aliphatic carboxylic acids is 1. The van der Waals surface area contributed by atoms with Gasteiger partial charge in [0.25, 0.3) is 0 Å². The molecule has 0 radical (unpaired) electrons. The van der Waals surface area contributed by atoms with Crippen molar-refractivity contribution in [3.8, 4) is 0 Å². The Morgan fingerprint density at radius 1 is 1.50 bits per heavy atom. The van der Waals surface area contributed by atoms with Crippen molar-refractivity contribution >= 4 is 23.8 Å². The predicted octanol–water partition coefficient (Wildman–Crippen LogP) is 2.63. The van der Waals surface area contributed by atoms with E-state index in [0.29, 0.717) is 12.3 Å². The summed E-state index contributed by atoms with van der Waals surface area (Å²) in [6, 6.07) is -0.964. The van der Waals surface area contributed by atoms with Crippen molar-refractivity contribution < 1.29 is 14.7 Å². The van der Waals surface area contributed by atoms with E-state index in [9.17, 15) is 14.7 Å². The zero-order valence-corrected chi connectivity index (χ0v) is 13.4. The fraction of sp³-hybridized carbons (Fsp3) is 0.714. The molecule has 1 saturated heterocycles. The summed E-state index contributed by atoms with van der Waals surface area (Å²) in [5.74, 6) is -0.486. The van der Waals surface area contributed by atoms with Crippen molar-refractivity contribution in [3.05, 3.63) is 12.7 Å². The van der Waals surface area contributed by atoms with Gasteiger partial charge in [0.15, 0.2) is 0 Å². The van der Waals surface area contributed by atoms with Crippen molar-refractivity contribution in [2.45, 2.75) is 51.1 Å². The highest BCUT2D eigenvalue weighted by Gasteiger charge is 2.44. The molecule has 1 rings (SSSR count). The van der Waals surface area contributed by atoms with Gasteiger partial charge in [-0.15, -0.1) is 18.3 Å². The summed E-state index contributed by atoms with van der Waals surface area (Å²) in [4.78, 5) is 27.3. The van der Waals surface area contributed by atoms with Crippen LogP contribution in [-0.4, -0.2) is 56.2 Å². The van der Waals surface area contributed by atoms with Crippen molar-refractivity contribution in [3.63, 3.8) is 0 Å². The lowest BCUT2D eigenvalue weighted by Gasteiger charge is -2.40. The highest BCUT2D eigenvalue weighted by Crippen LogP contribution is 2.33. The van der Waals surface area contributed by atoms with E-state index in [1.165, 1.54) is 16.7 Å². The van der Waals surface area contributed by atoms with Gasteiger partial charge in [0.2, 0.25) is 0 Å². The standard InChI is InChI=1S/C14H24N2O3S/c1-6-8-15(14(3,4)5)13(19)16-10(12(17)18)9-20-11(16)7-2/h6,10-11H,1,7-9H2,2-5H3,(H,17,18). The number of carboxylic acid groups (broad SMARTS) is 1. The molecule has 0 spiro atoms. The minimum absolute atomic E-state index is 0.0711. The van der Waals surface area contributed by atoms with Gasteiger partial charge in [-0.25, -0.2) is 9.59 Å². The molecule has 1 heterocycles. The van der Waals surface area contributed by atoms with Crippen LogP contribution in [0.5, 0.6) is 0 Å². The third-order valence-electron chi connectivity index (χ3n) is 3.30. The number of amides is 2. The van der Waals surface area contributed by atoms with Gasteiger partial charge in [0, 0.05) is 17.8 Å². The van der Waals surface area contributed by atoms with E-state index in [0.717, 1.165) is 6.42 Å². The Labute approximate surface area is 125 Å². The number of hydrogen-bond acceptors (Lipinski definition) is 3. The first kappa shape index (κ1) is 16.9. The molecule has 1 aliphatic heterocycles. The molecule has 0 bridgehead atoms. The normalized spacial score (nSPS) is 22.7. The molecule has 0 aromatic heterocycles. The summed E-state index contributed by atoms with van der Waals surface area (Å²) in [5.41, 5.74) is -0.375. The van der Waals surface area contributed by atoms with Crippen LogP contribution >= 0.6 is 11.8 Å². The van der Waals surface area contributed by atoms with Crippen LogP contribution in [0.1, 0.15) is 34.1 Å². The summed E-state index contributed by atoms with van der Waals surface area (Å²) in [5, 5.41) is 9.24. The number of carboxylic acids is 1. The Balaban J connectivity index is 3.05. The Bertz CT molecular complexity index is 392. The number of nitrogens with zero attached hydrogens (tertiary/aromatic N) is 2. The Kier molecular flexibility index (Phi) is 5.50. The van der Waals surface area contributed by atoms with Crippen LogP contribution in [0.25, 0.3) is 0 Å². The average molecular weight is 300 g/mol. The molecule has 0 aromatic rings. The molecule has 2 unspecified atom stereocenters. The molecule has 2 amide bonds. The molecule has 114 valence electrons. The lowest BCUT2D eigenvalue weighted by Crippen LogP contribution is -2.56. The number of carbonyl (C=O) groups excluding carboxylic acids is 1. The van der Waals surface area contributed by atoms with Gasteiger partial charge in [-0.3, -0.25) is 4.90 Å². The molecule has 1 fully saturated rings. The first-order valence-electron chi connectivity index (χ1n) is 6.79. The maximum absolute atomic E-state index is 12.8. The van der Waals surface area contributed by atoms with E-state index < -0.39 is 12.0 Å². The van der Waals surface area contributed by atoms with Crippen molar-refractivity contribution in [1.29, 1.82) is 0 Å². The number of thioether (sulfide) groups is 1. The molecule has 1 aliphatic rings. The topological polar surface area (TPSA) is 60.9 Å². The van der Waals surface area contributed by atoms with Crippen LogP contribution in [0.3, 0.4) is 0 Å². The summed E-state index contributed by atoms with van der Waals surface area (Å²) in [6.07, 6.45) is 2.41. The van der Waals surface area contributed by atoms with Gasteiger partial charge in [0.05, 0.1) is 5.37 Å². The highest BCUT2D eigenvalue weighted by atomic mass is 32.2. The SMILES string of the molecule is C=CCN(C(=O)N1C(CC)SCC1C(=O)O)C(C)(C)C. The van der Waals surface area contributed by atoms with Crippen LogP contribution in [0.2, 0.25) is 0 Å². The Morgan fingerprint density at radius 2 is 2.10 bits per heavy atom. The van der Waals surface area contributed by atoms with Crippen LogP contribution in [0.15, 0.2) is 12.7 Å². The van der Waals surface area contributed by atoms with Gasteiger partial charge in [-0.1, -0.05) is 13.0 Å². The minimum Gasteiger partial charge on any atom is -0.480 e. The molecule has 5 nitrogen and oxygen atoms in total. The first-order valence-corrected chi connectivity index (χ1v) is 7.84. The molecule has 2 atom stereocenters. The second-order valence-electron chi connectivity index (χ2n) is 5.81. The summed E-state index contributed by atoms with van der Waals surface area (Å²) in [7, 11) is 0. The maximum atomic E-state index is 12.8. The monoisotopic (exact) mass is 300 g/mol. The van der Waals surface area contributed by atoms with E-state index in [-0.39, 0.29) is 16.9 Å². The largest absolute Gasteiger partial charge is 0.480 e. The Hall–Kier alpha value is -1.17. The van der Waals surface area contributed by atoms with Crippen LogP contribution in [0.4, 0.5) is 4.79 Å². The molecule has 0 aliphatic carbocycles. The lowest BCUT2D eigenvalue weighted by molar-refractivity contribution is -0.141. The van der Waals surface area contributed by atoms with E-state index in [4.69, 9.17) is 0 Å². The minimum atomic E-state index is -0.936. The molecule has 0 aromatic carbocycles. The van der Waals surface area contributed by atoms with Gasteiger partial charge < -0.3 is 10.0 Å². The average Bonchev–Trinajstić information content (AvgIpc) is 2.77. The van der Waals surface area contributed by atoms with E-state index in [1.54, 1.807) is 11.0 Å². The second-order valence-corrected chi connectivity index (χ2v) is 7.02. The third-order valence-corrected chi connectivity index (χ3v) is 4.75. The molecular formula is C14H24N2O3S. The quantitative estimate of drug-likeness (QED) is 0.811. The fourth-order valence-corrected chi connectivity index (χ4v) is 3.57. The Morgan fingerprint density at radius 3 is 2.50 bits per heavy atom. The smallest absolute Gasteiger partial charge is 0.327 e. The fourth-order valence-electron chi connectivity index (χ4n) is 2.23. The number of hydrogen-bond donors (Lipinski definition) is 1. The zero-order chi connectivity index (χ0) is 15.5. The van der Waals surface area contributed by atoms with E-state index in [1.807, 2.05) is 27.7 Å². The second kappa shape index (κ2) is 6.52. The van der Waals surface area contributed by atoms with Crippen molar-refractivity contribution in [2.24, 2.45) is 0 Å². The van der Waals surface area contributed by atoms with Crippen molar-refractivity contribution in [2.75, 3.05) is 12.3 Å². The van der Waals surface area contributed by atoms with Crippen LogP contribution < -0.4 is 0 Å². The maximum Gasteiger partial charge on any atom is 0.327 e. The molecule has 6 heteroatoms. The van der Waals surface area contributed by atoms with Gasteiger partial charge in [0.1, 0.15) is 6.04 Å². The molecular weight excluding hydrogens is 276 g/mol. The molecule has 20 heavy (non-hydrogen) atoms. The van der Waals surface area contributed by atoms with E-state index >= 15 is 0 Å². The van der Waals surface area contributed by atoms with Gasteiger partial charge >= 0.3 is 12.0 Å². The van der Waals surface area contributed by atoms with E-state index in [2.05, 4.69) is 6.58 Å². The number of rotatable bonds is 4. The van der Waals surface area contributed by atoms with Gasteiger partial charge in [-0.05, 0) is 27.2 Å². The van der Waals surface area contributed by atoms with Crippen LogP contribution in [0, 0.1) is 0 Å². The van der Waals surface area contributed by atoms with Gasteiger partial charge in [-0.2, -0.15) is 0 Å². The van der Waals surface area contributed by atoms with Crippen LogP contribution in [-0.2, 0) is 4.79 Å². The number of carbonyl (C=O) groups is 2. The predicted molar refractivity (Wildman–Crippen MR) is 81.9 cm³/mol.